The molecule has 0 aliphatic rings. The minimum absolute atomic E-state index is 0.0133. The molecule has 2 aromatic carbocycles. The Morgan fingerprint density at radius 2 is 1.56 bits per heavy atom. The number of ketones is 1. The zero-order valence-electron chi connectivity index (χ0n) is 21.8. The van der Waals surface area contributed by atoms with Crippen LogP contribution in [0, 0.1) is 0 Å². The maximum Gasteiger partial charge on any atom is 0.320 e. The molecule has 0 amide bonds. The van der Waals surface area contributed by atoms with Gasteiger partial charge in [-0.3, -0.25) is 9.78 Å². The molecule has 0 unspecified atom stereocenters. The average Bonchev–Trinajstić information content (AvgIpc) is 2.98. The van der Waals surface area contributed by atoms with Crippen LogP contribution in [0.3, 0.4) is 0 Å². The fourth-order valence-corrected chi connectivity index (χ4v) is 3.91. The van der Waals surface area contributed by atoms with Crippen LogP contribution in [0.1, 0.15) is 27.2 Å². The van der Waals surface area contributed by atoms with Crippen molar-refractivity contribution in [3.05, 3.63) is 88.3 Å². The third-order valence-corrected chi connectivity index (χ3v) is 5.87. The van der Waals surface area contributed by atoms with E-state index in [1.165, 1.54) is 27.5 Å². The van der Waals surface area contributed by atoms with E-state index in [1.807, 2.05) is 12.1 Å². The lowest BCUT2D eigenvalue weighted by atomic mass is 10.0. The summed E-state index contributed by atoms with van der Waals surface area (Å²) in [7, 11) is 5.97. The molecule has 0 saturated heterocycles. The maximum atomic E-state index is 13.6. The summed E-state index contributed by atoms with van der Waals surface area (Å²) in [6.07, 6.45) is 3.00. The van der Waals surface area contributed by atoms with Gasteiger partial charge in [0.2, 0.25) is 11.6 Å². The first-order valence-electron chi connectivity index (χ1n) is 11.7. The minimum Gasteiger partial charge on any atom is -0.495 e. The Labute approximate surface area is 230 Å². The normalized spacial score (nSPS) is 10.5. The molecule has 11 heteroatoms. The first-order chi connectivity index (χ1) is 19.0. The summed E-state index contributed by atoms with van der Waals surface area (Å²) >= 11 is 6.21. The predicted molar refractivity (Wildman–Crippen MR) is 142 cm³/mol. The predicted octanol–water partition coefficient (Wildman–Crippen LogP) is 4.95. The zero-order chi connectivity index (χ0) is 27.8. The quantitative estimate of drug-likeness (QED) is 0.224. The summed E-state index contributed by atoms with van der Waals surface area (Å²) in [5.74, 6) is 1.18. The van der Waals surface area contributed by atoms with Gasteiger partial charge in [0.15, 0.2) is 17.3 Å². The molecule has 2 aromatic heterocycles. The van der Waals surface area contributed by atoms with Crippen molar-refractivity contribution in [3.8, 4) is 34.9 Å². The number of aromatic nitrogens is 3. The zero-order valence-corrected chi connectivity index (χ0v) is 22.5. The Hall–Kier alpha value is -4.57. The number of halogens is 1. The van der Waals surface area contributed by atoms with Gasteiger partial charge in [0, 0.05) is 18.0 Å². The van der Waals surface area contributed by atoms with Crippen LogP contribution in [0.2, 0.25) is 5.02 Å². The van der Waals surface area contributed by atoms with Crippen molar-refractivity contribution < 1.29 is 33.2 Å². The number of methoxy groups -OCH3 is 4. The fraction of sp³-hybridized carbons (Fsp3) is 0.214. The van der Waals surface area contributed by atoms with Crippen LogP contribution in [0.4, 0.5) is 0 Å². The molecule has 0 atom stereocenters. The molecule has 0 saturated carbocycles. The number of hydrogen-bond donors (Lipinski definition) is 0. The number of ether oxygens (including phenoxy) is 6. The third-order valence-electron chi connectivity index (χ3n) is 5.57. The first-order valence-corrected chi connectivity index (χ1v) is 12.0. The van der Waals surface area contributed by atoms with E-state index in [-0.39, 0.29) is 36.2 Å². The molecule has 0 aliphatic heterocycles. The highest BCUT2D eigenvalue weighted by molar-refractivity contribution is 6.32. The fourth-order valence-electron chi connectivity index (χ4n) is 3.63. The number of pyridine rings is 1. The summed E-state index contributed by atoms with van der Waals surface area (Å²) in [5, 5.41) is 0.449. The van der Waals surface area contributed by atoms with E-state index in [4.69, 9.17) is 40.0 Å². The Balaban J connectivity index is 1.65. The lowest BCUT2D eigenvalue weighted by Gasteiger charge is -2.15. The van der Waals surface area contributed by atoms with E-state index in [1.54, 1.807) is 49.7 Å². The van der Waals surface area contributed by atoms with E-state index in [2.05, 4.69) is 15.0 Å². The van der Waals surface area contributed by atoms with Crippen LogP contribution < -0.4 is 28.4 Å². The van der Waals surface area contributed by atoms with Gasteiger partial charge in [-0.2, -0.15) is 4.98 Å². The summed E-state index contributed by atoms with van der Waals surface area (Å²) in [4.78, 5) is 26.5. The molecule has 4 rings (SSSR count). The van der Waals surface area contributed by atoms with Gasteiger partial charge >= 0.3 is 6.01 Å². The highest BCUT2D eigenvalue weighted by Gasteiger charge is 2.23. The van der Waals surface area contributed by atoms with Gasteiger partial charge in [0.25, 0.3) is 0 Å². The molecular weight excluding hydrogens is 526 g/mol. The van der Waals surface area contributed by atoms with Crippen molar-refractivity contribution in [1.29, 1.82) is 0 Å². The molecule has 0 spiro atoms. The van der Waals surface area contributed by atoms with Gasteiger partial charge in [0.1, 0.15) is 24.5 Å². The van der Waals surface area contributed by atoms with Crippen molar-refractivity contribution in [2.24, 2.45) is 0 Å². The Morgan fingerprint density at radius 3 is 2.18 bits per heavy atom. The second-order valence-corrected chi connectivity index (χ2v) is 8.39. The summed E-state index contributed by atoms with van der Waals surface area (Å²) in [6, 6.07) is 13.8. The van der Waals surface area contributed by atoms with Crippen LogP contribution in [0.15, 0.2) is 60.9 Å². The van der Waals surface area contributed by atoms with Crippen molar-refractivity contribution in [1.82, 2.24) is 15.0 Å². The maximum absolute atomic E-state index is 13.6. The number of hydrogen-bond acceptors (Lipinski definition) is 10. The average molecular weight is 552 g/mol. The Bertz CT molecular complexity index is 1430. The minimum atomic E-state index is -0.418. The number of rotatable bonds is 12. The van der Waals surface area contributed by atoms with Gasteiger partial charge < -0.3 is 28.4 Å². The van der Waals surface area contributed by atoms with Crippen molar-refractivity contribution in [2.45, 2.75) is 13.2 Å². The molecular formula is C28H26ClN3O7. The highest BCUT2D eigenvalue weighted by Crippen LogP contribution is 2.39. The van der Waals surface area contributed by atoms with Crippen LogP contribution in [-0.4, -0.2) is 49.2 Å². The van der Waals surface area contributed by atoms with E-state index in [0.29, 0.717) is 33.7 Å². The molecule has 0 N–H and O–H groups in total. The smallest absolute Gasteiger partial charge is 0.320 e. The molecule has 202 valence electrons. The third kappa shape index (κ3) is 6.47. The molecule has 0 aliphatic carbocycles. The molecule has 0 fully saturated rings. The molecule has 10 nitrogen and oxygen atoms in total. The van der Waals surface area contributed by atoms with Crippen molar-refractivity contribution in [2.75, 3.05) is 28.4 Å². The summed E-state index contributed by atoms with van der Waals surface area (Å²) in [5.41, 5.74) is 1.80. The van der Waals surface area contributed by atoms with Crippen LogP contribution >= 0.6 is 11.6 Å². The number of benzene rings is 2. The van der Waals surface area contributed by atoms with Gasteiger partial charge in [-0.15, -0.1) is 0 Å². The second-order valence-electron chi connectivity index (χ2n) is 7.98. The van der Waals surface area contributed by atoms with Gasteiger partial charge in [0.05, 0.1) is 39.2 Å². The Morgan fingerprint density at radius 1 is 0.821 bits per heavy atom. The summed E-state index contributed by atoms with van der Waals surface area (Å²) < 4.78 is 33.0. The van der Waals surface area contributed by atoms with Gasteiger partial charge in [-0.1, -0.05) is 23.7 Å². The lowest BCUT2D eigenvalue weighted by molar-refractivity contribution is 0.103. The molecule has 0 bridgehead atoms. The molecule has 4 aromatic rings. The number of carbonyl (C=O) groups is 1. The monoisotopic (exact) mass is 551 g/mol. The van der Waals surface area contributed by atoms with E-state index in [0.717, 1.165) is 5.56 Å². The second kappa shape index (κ2) is 12.8. The number of nitrogens with zero attached hydrogens (tertiary/aromatic N) is 3. The molecule has 39 heavy (non-hydrogen) atoms. The topological polar surface area (TPSA) is 111 Å². The highest BCUT2D eigenvalue weighted by atomic mass is 35.5. The van der Waals surface area contributed by atoms with Crippen LogP contribution in [0.5, 0.6) is 34.9 Å². The van der Waals surface area contributed by atoms with Gasteiger partial charge in [-0.25, -0.2) is 4.98 Å². The molecule has 0 radical (unpaired) electrons. The van der Waals surface area contributed by atoms with Crippen molar-refractivity contribution >= 4 is 17.4 Å². The van der Waals surface area contributed by atoms with Gasteiger partial charge in [-0.05, 0) is 42.0 Å². The largest absolute Gasteiger partial charge is 0.495 e. The number of carbonyl (C=O) groups excluding carboxylic acids is 1. The van der Waals surface area contributed by atoms with E-state index in [9.17, 15) is 4.79 Å². The standard InChI is InChI=1S/C28H26ClN3O7/c1-34-22-9-8-17(11-21(22)29)15-39-28-31-14-20(27(32-28)38-16-19-7-5-6-10-30-19)25(33)18-12-23(35-2)26(37-4)24(13-18)36-3/h5-14H,15-16H2,1-4H3. The first kappa shape index (κ1) is 27.5. The molecule has 2 heterocycles. The summed E-state index contributed by atoms with van der Waals surface area (Å²) in [6.45, 7) is 0.199. The Kier molecular flexibility index (Phi) is 9.01. The van der Waals surface area contributed by atoms with E-state index >= 15 is 0 Å². The lowest BCUT2D eigenvalue weighted by Crippen LogP contribution is -2.11. The van der Waals surface area contributed by atoms with Crippen LogP contribution in [0.25, 0.3) is 0 Å². The van der Waals surface area contributed by atoms with Crippen LogP contribution in [-0.2, 0) is 13.2 Å². The van der Waals surface area contributed by atoms with Crippen molar-refractivity contribution in [3.63, 3.8) is 0 Å². The SMILES string of the molecule is COc1ccc(COc2ncc(C(=O)c3cc(OC)c(OC)c(OC)c3)c(OCc3ccccn3)n2)cc1Cl. The van der Waals surface area contributed by atoms with E-state index < -0.39 is 5.78 Å².